The minimum absolute atomic E-state index is 0.0274. The minimum atomic E-state index is -0.556. The maximum Gasteiger partial charge on any atom is 0.271 e. The van der Waals surface area contributed by atoms with Gasteiger partial charge in [0.2, 0.25) is 5.96 Å². The van der Waals surface area contributed by atoms with E-state index < -0.39 is 10.6 Å². The van der Waals surface area contributed by atoms with Crippen molar-refractivity contribution < 1.29 is 4.92 Å². The fourth-order valence-corrected chi connectivity index (χ4v) is 3.13. The lowest BCUT2D eigenvalue weighted by Gasteiger charge is -2.32. The minimum Gasteiger partial charge on any atom is -0.326 e. The number of hydrogen-bond acceptors (Lipinski definition) is 6. The van der Waals surface area contributed by atoms with E-state index in [1.807, 2.05) is 49.4 Å². The van der Waals surface area contributed by atoms with Gasteiger partial charge in [0.15, 0.2) is 0 Å². The zero-order chi connectivity index (χ0) is 20.7. The second-order valence-corrected chi connectivity index (χ2v) is 6.67. The molecule has 1 aliphatic rings. The first-order valence-electron chi connectivity index (χ1n) is 9.63. The highest BCUT2D eigenvalue weighted by Crippen LogP contribution is 2.23. The van der Waals surface area contributed by atoms with E-state index in [9.17, 15) is 10.1 Å². The first kappa shape index (κ1) is 20.3. The van der Waals surface area contributed by atoms with Crippen LogP contribution >= 0.6 is 0 Å². The van der Waals surface area contributed by atoms with E-state index in [2.05, 4.69) is 29.0 Å². The number of nitrogens with one attached hydrogen (secondary N) is 3. The van der Waals surface area contributed by atoms with Crippen molar-refractivity contribution in [2.45, 2.75) is 25.9 Å². The van der Waals surface area contributed by atoms with Gasteiger partial charge in [0, 0.05) is 23.5 Å². The summed E-state index contributed by atoms with van der Waals surface area (Å²) >= 11 is 0. The maximum atomic E-state index is 11.1. The number of aliphatic imine (C=N–C) groups is 1. The molecule has 1 aliphatic heterocycles. The quantitative estimate of drug-likeness (QED) is 0.484. The van der Waals surface area contributed by atoms with Crippen molar-refractivity contribution in [2.75, 3.05) is 11.9 Å². The average molecular weight is 391 g/mol. The largest absolute Gasteiger partial charge is 0.326 e. The van der Waals surface area contributed by atoms with Crippen molar-refractivity contribution in [1.82, 2.24) is 10.6 Å². The van der Waals surface area contributed by atoms with Gasteiger partial charge < -0.3 is 10.6 Å². The summed E-state index contributed by atoms with van der Waals surface area (Å²) in [5.74, 6) is 0.531. The molecule has 3 rings (SSSR count). The first-order valence-corrected chi connectivity index (χ1v) is 9.63. The number of rotatable bonds is 7. The van der Waals surface area contributed by atoms with Crippen LogP contribution in [-0.4, -0.2) is 23.1 Å². The third-order valence-electron chi connectivity index (χ3n) is 4.56. The van der Waals surface area contributed by atoms with Crippen LogP contribution in [0.15, 0.2) is 77.4 Å². The number of guanidine groups is 1. The average Bonchev–Trinajstić information content (AvgIpc) is 2.73. The number of nitro groups is 1. The highest BCUT2D eigenvalue weighted by Gasteiger charge is 2.28. The van der Waals surface area contributed by atoms with Crippen LogP contribution in [0, 0.1) is 10.1 Å². The summed E-state index contributed by atoms with van der Waals surface area (Å²) in [7, 11) is 0. The van der Waals surface area contributed by atoms with Crippen molar-refractivity contribution in [1.29, 1.82) is 0 Å². The molecule has 3 N–H and O–H groups in total. The molecular weight excluding hydrogens is 366 g/mol. The Bertz CT molecular complexity index is 953. The number of nitrogens with zero attached hydrogens (tertiary/aromatic N) is 2. The standard InChI is InChI=1S/C22H25N5O2/c1-3-22(23-4-2)16-19(14-13-17-9-6-5-7-10-17)25-21(26-22)24-18-11-8-12-20(15-18)27(28)29/h5-16,23H,3-4H2,1-2H3,(H2,24,25,26). The number of anilines is 1. The lowest BCUT2D eigenvalue weighted by atomic mass is 10.0. The number of likely N-dealkylation sites (N-methyl/N-ethyl adjacent to an activating group) is 1. The van der Waals surface area contributed by atoms with Gasteiger partial charge in [-0.2, -0.15) is 0 Å². The first-order chi connectivity index (χ1) is 14.0. The lowest BCUT2D eigenvalue weighted by Crippen LogP contribution is -2.48. The zero-order valence-electron chi connectivity index (χ0n) is 16.6. The number of non-ortho nitro benzene ring substituents is 1. The fourth-order valence-electron chi connectivity index (χ4n) is 3.13. The Kier molecular flexibility index (Phi) is 6.41. The summed E-state index contributed by atoms with van der Waals surface area (Å²) < 4.78 is 0. The van der Waals surface area contributed by atoms with Gasteiger partial charge in [-0.05, 0) is 36.7 Å². The molecule has 2 aromatic rings. The Morgan fingerprint density at radius 1 is 1.14 bits per heavy atom. The topological polar surface area (TPSA) is 91.6 Å². The van der Waals surface area contributed by atoms with Gasteiger partial charge in [-0.3, -0.25) is 15.4 Å². The molecule has 0 aliphatic carbocycles. The van der Waals surface area contributed by atoms with E-state index in [1.165, 1.54) is 12.1 Å². The fraction of sp³-hybridized carbons (Fsp3) is 0.227. The molecule has 0 amide bonds. The SMILES string of the molecule is CCNC1(CC)C=C(C=Cc2ccccc2)NC(Nc2cccc([N+](=O)[O-])c2)=N1. The van der Waals surface area contributed by atoms with Crippen LogP contribution in [0.25, 0.3) is 6.08 Å². The summed E-state index contributed by atoms with van der Waals surface area (Å²) in [6, 6.07) is 16.4. The number of nitro benzene ring substituents is 1. The van der Waals surface area contributed by atoms with Crippen LogP contribution in [0.4, 0.5) is 11.4 Å². The van der Waals surface area contributed by atoms with Crippen LogP contribution in [-0.2, 0) is 0 Å². The van der Waals surface area contributed by atoms with Crippen molar-refractivity contribution in [3.8, 4) is 0 Å². The van der Waals surface area contributed by atoms with E-state index >= 15 is 0 Å². The van der Waals surface area contributed by atoms with E-state index in [-0.39, 0.29) is 5.69 Å². The highest BCUT2D eigenvalue weighted by atomic mass is 16.6. The van der Waals surface area contributed by atoms with E-state index in [0.717, 1.165) is 24.2 Å². The van der Waals surface area contributed by atoms with Gasteiger partial charge in [-0.1, -0.05) is 56.3 Å². The number of allylic oxidation sites excluding steroid dienone is 1. The Balaban J connectivity index is 1.87. The summed E-state index contributed by atoms with van der Waals surface area (Å²) in [5, 5.41) is 20.9. The molecule has 1 atom stereocenters. The molecule has 0 aromatic heterocycles. The molecule has 0 radical (unpaired) electrons. The van der Waals surface area contributed by atoms with Gasteiger partial charge in [-0.15, -0.1) is 0 Å². The molecule has 0 fully saturated rings. The Morgan fingerprint density at radius 3 is 2.62 bits per heavy atom. The molecular formula is C22H25N5O2. The van der Waals surface area contributed by atoms with E-state index in [1.54, 1.807) is 12.1 Å². The highest BCUT2D eigenvalue weighted by molar-refractivity contribution is 5.96. The van der Waals surface area contributed by atoms with Gasteiger partial charge in [0.05, 0.1) is 4.92 Å². The van der Waals surface area contributed by atoms with Crippen molar-refractivity contribution in [3.63, 3.8) is 0 Å². The van der Waals surface area contributed by atoms with Crippen LogP contribution in [0.3, 0.4) is 0 Å². The summed E-state index contributed by atoms with van der Waals surface area (Å²) in [6.45, 7) is 4.86. The maximum absolute atomic E-state index is 11.1. The van der Waals surface area contributed by atoms with Crippen molar-refractivity contribution in [2.24, 2.45) is 4.99 Å². The zero-order valence-corrected chi connectivity index (χ0v) is 16.6. The molecule has 0 saturated heterocycles. The molecule has 29 heavy (non-hydrogen) atoms. The predicted molar refractivity (Wildman–Crippen MR) is 118 cm³/mol. The molecule has 0 saturated carbocycles. The molecule has 0 bridgehead atoms. The number of hydrogen-bond donors (Lipinski definition) is 3. The predicted octanol–water partition coefficient (Wildman–Crippen LogP) is 4.28. The molecule has 150 valence electrons. The molecule has 0 spiro atoms. The van der Waals surface area contributed by atoms with Crippen molar-refractivity contribution in [3.05, 3.63) is 88.1 Å². The van der Waals surface area contributed by atoms with Gasteiger partial charge in [-0.25, -0.2) is 4.99 Å². The van der Waals surface area contributed by atoms with Crippen molar-refractivity contribution >= 4 is 23.4 Å². The molecule has 2 aromatic carbocycles. The molecule has 1 heterocycles. The molecule has 7 nitrogen and oxygen atoms in total. The van der Waals surface area contributed by atoms with Crippen LogP contribution < -0.4 is 16.0 Å². The summed E-state index contributed by atoms with van der Waals surface area (Å²) in [4.78, 5) is 15.4. The van der Waals surface area contributed by atoms with Crippen LogP contribution in [0.2, 0.25) is 0 Å². The third-order valence-corrected chi connectivity index (χ3v) is 4.56. The Labute approximate surface area is 170 Å². The van der Waals surface area contributed by atoms with Gasteiger partial charge in [0.1, 0.15) is 5.66 Å². The summed E-state index contributed by atoms with van der Waals surface area (Å²) in [5.41, 5.74) is 2.05. The normalized spacial score (nSPS) is 18.7. The lowest BCUT2D eigenvalue weighted by molar-refractivity contribution is -0.384. The Morgan fingerprint density at radius 2 is 1.93 bits per heavy atom. The molecule has 1 unspecified atom stereocenters. The second-order valence-electron chi connectivity index (χ2n) is 6.67. The molecule has 7 heteroatoms. The smallest absolute Gasteiger partial charge is 0.271 e. The van der Waals surface area contributed by atoms with Gasteiger partial charge >= 0.3 is 0 Å². The van der Waals surface area contributed by atoms with E-state index in [0.29, 0.717) is 11.6 Å². The number of benzene rings is 2. The Hall–Kier alpha value is -3.45. The third kappa shape index (κ3) is 5.30. The van der Waals surface area contributed by atoms with Crippen LogP contribution in [0.1, 0.15) is 25.8 Å². The monoisotopic (exact) mass is 391 g/mol. The second kappa shape index (κ2) is 9.16. The summed E-state index contributed by atoms with van der Waals surface area (Å²) in [6.07, 6.45) is 6.85. The van der Waals surface area contributed by atoms with E-state index in [4.69, 9.17) is 4.99 Å². The van der Waals surface area contributed by atoms with Crippen LogP contribution in [0.5, 0.6) is 0 Å². The van der Waals surface area contributed by atoms with Gasteiger partial charge in [0.25, 0.3) is 5.69 Å².